The van der Waals surface area contributed by atoms with E-state index in [-0.39, 0.29) is 5.82 Å². The Labute approximate surface area is 110 Å². The number of piperidine rings is 1. The van der Waals surface area contributed by atoms with Crippen molar-refractivity contribution < 1.29 is 9.50 Å². The molecule has 1 aromatic heterocycles. The molecule has 1 aliphatic heterocycles. The maximum atomic E-state index is 14.2. The van der Waals surface area contributed by atoms with Gasteiger partial charge in [0.05, 0.1) is 17.3 Å². The summed E-state index contributed by atoms with van der Waals surface area (Å²) in [6.45, 7) is 1.16. The Morgan fingerprint density at radius 1 is 1.47 bits per heavy atom. The first-order chi connectivity index (χ1) is 9.16. The number of aromatic nitrogens is 1. The second-order valence-corrected chi connectivity index (χ2v) is 4.94. The number of anilines is 2. The highest BCUT2D eigenvalue weighted by Gasteiger charge is 2.23. The number of aliphatic hydroxyl groups is 1. The molecule has 19 heavy (non-hydrogen) atoms. The topological polar surface area (TPSA) is 62.4 Å². The van der Waals surface area contributed by atoms with E-state index < -0.39 is 6.10 Å². The van der Waals surface area contributed by atoms with Crippen molar-refractivity contribution in [2.45, 2.75) is 18.9 Å². The van der Waals surface area contributed by atoms with E-state index in [1.807, 2.05) is 11.0 Å². The lowest BCUT2D eigenvalue weighted by molar-refractivity contribution is 0.154. The average molecular weight is 261 g/mol. The predicted octanol–water partition coefficient (Wildman–Crippen LogP) is 1.92. The second kappa shape index (κ2) is 4.66. The number of nitrogens with two attached hydrogens (primary N) is 1. The van der Waals surface area contributed by atoms with Gasteiger partial charge in [-0.15, -0.1) is 0 Å². The number of β-amino-alcohol motifs (C(OH)–C–C–N with tert-alkyl or cyclic N) is 1. The van der Waals surface area contributed by atoms with Crippen molar-refractivity contribution in [3.05, 3.63) is 30.2 Å². The molecular weight excluding hydrogens is 245 g/mol. The van der Waals surface area contributed by atoms with Crippen molar-refractivity contribution in [1.82, 2.24) is 4.98 Å². The normalized spacial score (nSPS) is 19.9. The summed E-state index contributed by atoms with van der Waals surface area (Å²) in [7, 11) is 0. The molecule has 5 heteroatoms. The molecule has 1 aliphatic rings. The molecule has 1 atom stereocenters. The third kappa shape index (κ3) is 2.10. The third-order valence-electron chi connectivity index (χ3n) is 3.56. The minimum absolute atomic E-state index is 0.377. The van der Waals surface area contributed by atoms with E-state index in [2.05, 4.69) is 4.98 Å². The first kappa shape index (κ1) is 12.2. The van der Waals surface area contributed by atoms with Gasteiger partial charge in [-0.05, 0) is 31.0 Å². The van der Waals surface area contributed by atoms with Crippen LogP contribution in [-0.2, 0) is 0 Å². The van der Waals surface area contributed by atoms with E-state index in [1.54, 1.807) is 12.3 Å². The van der Waals surface area contributed by atoms with Crippen molar-refractivity contribution in [3.8, 4) is 0 Å². The lowest BCUT2D eigenvalue weighted by atomic mass is 10.1. The summed E-state index contributed by atoms with van der Waals surface area (Å²) in [5, 5.41) is 10.5. The van der Waals surface area contributed by atoms with Crippen LogP contribution in [0.15, 0.2) is 24.4 Å². The van der Waals surface area contributed by atoms with Crippen LogP contribution < -0.4 is 10.6 Å². The number of nitrogen functional groups attached to an aromatic ring is 1. The maximum Gasteiger partial charge on any atom is 0.150 e. The van der Waals surface area contributed by atoms with Gasteiger partial charge in [-0.25, -0.2) is 4.39 Å². The zero-order valence-electron chi connectivity index (χ0n) is 10.5. The van der Waals surface area contributed by atoms with E-state index in [0.717, 1.165) is 24.8 Å². The number of nitrogens with zero attached hydrogens (tertiary/aromatic N) is 2. The van der Waals surface area contributed by atoms with Crippen molar-refractivity contribution in [3.63, 3.8) is 0 Å². The fourth-order valence-corrected chi connectivity index (χ4v) is 2.68. The Hall–Kier alpha value is -1.88. The largest absolute Gasteiger partial charge is 0.398 e. The fourth-order valence-electron chi connectivity index (χ4n) is 2.68. The highest BCUT2D eigenvalue weighted by Crippen LogP contribution is 2.33. The summed E-state index contributed by atoms with van der Waals surface area (Å²) in [4.78, 5) is 6.12. The van der Waals surface area contributed by atoms with Crippen LogP contribution in [0, 0.1) is 5.82 Å². The molecule has 0 amide bonds. The van der Waals surface area contributed by atoms with Gasteiger partial charge in [0.15, 0.2) is 5.82 Å². The van der Waals surface area contributed by atoms with Crippen LogP contribution in [0.3, 0.4) is 0 Å². The van der Waals surface area contributed by atoms with E-state index in [9.17, 15) is 9.50 Å². The van der Waals surface area contributed by atoms with E-state index >= 15 is 0 Å². The summed E-state index contributed by atoms with van der Waals surface area (Å²) >= 11 is 0. The van der Waals surface area contributed by atoms with Crippen LogP contribution in [0.25, 0.3) is 10.9 Å². The van der Waals surface area contributed by atoms with Gasteiger partial charge < -0.3 is 15.7 Å². The van der Waals surface area contributed by atoms with Crippen molar-refractivity contribution >= 4 is 22.3 Å². The predicted molar refractivity (Wildman–Crippen MR) is 73.6 cm³/mol. The SMILES string of the molecule is Nc1cc(F)c(N2CCCC(O)C2)c2ncccc12. The third-order valence-corrected chi connectivity index (χ3v) is 3.56. The van der Waals surface area contributed by atoms with Crippen LogP contribution >= 0.6 is 0 Å². The molecule has 0 saturated carbocycles. The molecule has 1 unspecified atom stereocenters. The molecule has 0 aliphatic carbocycles. The highest BCUT2D eigenvalue weighted by atomic mass is 19.1. The summed E-state index contributed by atoms with van der Waals surface area (Å²) in [6.07, 6.45) is 2.83. The van der Waals surface area contributed by atoms with Gasteiger partial charge in [0.1, 0.15) is 0 Å². The molecule has 4 nitrogen and oxygen atoms in total. The lowest BCUT2D eigenvalue weighted by Gasteiger charge is -2.32. The molecule has 100 valence electrons. The van der Waals surface area contributed by atoms with Gasteiger partial charge in [0.25, 0.3) is 0 Å². The number of halogens is 1. The minimum Gasteiger partial charge on any atom is -0.398 e. The van der Waals surface area contributed by atoms with Crippen LogP contribution in [0.4, 0.5) is 15.8 Å². The van der Waals surface area contributed by atoms with Crippen molar-refractivity contribution in [2.24, 2.45) is 0 Å². The summed E-state index contributed by atoms with van der Waals surface area (Å²) in [6, 6.07) is 4.95. The van der Waals surface area contributed by atoms with Gasteiger partial charge in [-0.3, -0.25) is 4.98 Å². The summed E-state index contributed by atoms with van der Waals surface area (Å²) in [5.41, 5.74) is 7.24. The number of fused-ring (bicyclic) bond motifs is 1. The van der Waals surface area contributed by atoms with E-state index in [1.165, 1.54) is 6.07 Å². The zero-order valence-corrected chi connectivity index (χ0v) is 10.5. The Kier molecular flexibility index (Phi) is 2.98. The Morgan fingerprint density at radius 2 is 2.32 bits per heavy atom. The van der Waals surface area contributed by atoms with Crippen LogP contribution in [0.2, 0.25) is 0 Å². The number of rotatable bonds is 1. The van der Waals surface area contributed by atoms with Crippen LogP contribution in [0.5, 0.6) is 0 Å². The number of hydrogen-bond donors (Lipinski definition) is 2. The van der Waals surface area contributed by atoms with Gasteiger partial charge in [0, 0.05) is 30.4 Å². The number of benzene rings is 1. The van der Waals surface area contributed by atoms with Crippen LogP contribution in [-0.4, -0.2) is 29.3 Å². The monoisotopic (exact) mass is 261 g/mol. The van der Waals surface area contributed by atoms with Crippen molar-refractivity contribution in [1.29, 1.82) is 0 Å². The van der Waals surface area contributed by atoms with Gasteiger partial charge in [0.2, 0.25) is 0 Å². The molecule has 3 rings (SSSR count). The Balaban J connectivity index is 2.17. The lowest BCUT2D eigenvalue weighted by Crippen LogP contribution is -2.38. The Morgan fingerprint density at radius 3 is 3.11 bits per heavy atom. The summed E-state index contributed by atoms with van der Waals surface area (Å²) < 4.78 is 14.2. The second-order valence-electron chi connectivity index (χ2n) is 4.94. The quantitative estimate of drug-likeness (QED) is 0.770. The smallest absolute Gasteiger partial charge is 0.150 e. The molecular formula is C14H16FN3O. The maximum absolute atomic E-state index is 14.2. The Bertz CT molecular complexity index is 617. The van der Waals surface area contributed by atoms with E-state index in [0.29, 0.717) is 23.4 Å². The molecule has 0 radical (unpaired) electrons. The molecule has 0 spiro atoms. The minimum atomic E-state index is -0.413. The summed E-state index contributed by atoms with van der Waals surface area (Å²) in [5.74, 6) is -0.377. The zero-order chi connectivity index (χ0) is 13.4. The molecule has 3 N–H and O–H groups in total. The van der Waals surface area contributed by atoms with Gasteiger partial charge in [-0.2, -0.15) is 0 Å². The fraction of sp³-hybridized carbons (Fsp3) is 0.357. The molecule has 1 saturated heterocycles. The molecule has 2 heterocycles. The van der Waals surface area contributed by atoms with E-state index in [4.69, 9.17) is 5.73 Å². The molecule has 1 fully saturated rings. The first-order valence-corrected chi connectivity index (χ1v) is 6.42. The molecule has 1 aromatic carbocycles. The van der Waals surface area contributed by atoms with Gasteiger partial charge in [-0.1, -0.05) is 0 Å². The highest BCUT2D eigenvalue weighted by molar-refractivity contribution is 5.98. The standard InChI is InChI=1S/C14H16FN3O/c15-11-7-12(16)10-4-1-5-17-13(10)14(11)18-6-2-3-9(19)8-18/h1,4-5,7,9,19H,2-3,6,8,16H2. The molecule has 2 aromatic rings. The number of aliphatic hydroxyl groups excluding tert-OH is 1. The van der Waals surface area contributed by atoms with Crippen LogP contribution in [0.1, 0.15) is 12.8 Å². The van der Waals surface area contributed by atoms with Crippen molar-refractivity contribution in [2.75, 3.05) is 23.7 Å². The number of pyridine rings is 1. The first-order valence-electron chi connectivity index (χ1n) is 6.42. The number of hydrogen-bond acceptors (Lipinski definition) is 4. The van der Waals surface area contributed by atoms with Gasteiger partial charge >= 0.3 is 0 Å². The molecule has 0 bridgehead atoms. The average Bonchev–Trinajstić information content (AvgIpc) is 2.39.